The van der Waals surface area contributed by atoms with Crippen LogP contribution in [-0.4, -0.2) is 36.7 Å². The number of hydrogen-bond acceptors (Lipinski definition) is 9. The number of rotatable bonds is 11. The number of hydrogen-bond donors (Lipinski definition) is 3. The Morgan fingerprint density at radius 2 is 1.12 bits per heavy atom. The summed E-state index contributed by atoms with van der Waals surface area (Å²) in [6.07, 6.45) is 1.94. The number of nitrogen functional groups attached to an aromatic ring is 1. The van der Waals surface area contributed by atoms with Gasteiger partial charge >= 0.3 is 0 Å². The second-order valence-corrected chi connectivity index (χ2v) is 17.6. The van der Waals surface area contributed by atoms with E-state index in [1.54, 1.807) is 16.4 Å². The van der Waals surface area contributed by atoms with Gasteiger partial charge in [-0.05, 0) is 68.8 Å². The molecule has 334 valence electrons. The SMILES string of the molecule is [C-]#[N+]C1=C(c2ccc(-c3ccccc3)cc2)NC(SCc2ccc(-n3cc(-c4ccccc4)nn3)cc2)=NC1.[C-]#[N+]c1c(-c2ccc(-c3ccccc3)cc2)nc(SCc2ccc(N)cc2)[nH]c1=O. The standard InChI is InChI=1S/C32H24N6S.C24H18N4OS/c1-33-29-20-34-32(35-31(29)27-16-14-25(15-17-27)24-8-4-2-5-9-24)39-22-23-12-18-28(19-13-23)38-21-30(36-37-38)26-10-6-3-7-11-26;1-26-22-21(19-11-9-18(10-12-19)17-5-3-2-4-6-17)27-24(28-23(22)29)30-15-16-7-13-20(25)14-8-16/h2-19,21H,20,22H2,(H,34,35);2-14H,15,25H2,(H,27,28,29). The van der Waals surface area contributed by atoms with Crippen LogP contribution in [0.5, 0.6) is 0 Å². The van der Waals surface area contributed by atoms with Crippen LogP contribution in [-0.2, 0) is 11.5 Å². The van der Waals surface area contributed by atoms with Gasteiger partial charge in [-0.25, -0.2) is 19.4 Å². The minimum absolute atomic E-state index is 0.000652. The number of anilines is 1. The first-order valence-electron chi connectivity index (χ1n) is 21.8. The van der Waals surface area contributed by atoms with Crippen LogP contribution in [0, 0.1) is 13.1 Å². The summed E-state index contributed by atoms with van der Waals surface area (Å²) in [5.41, 5.74) is 19.1. The van der Waals surface area contributed by atoms with Gasteiger partial charge in [0.2, 0.25) is 5.70 Å². The number of nitrogens with zero attached hydrogens (tertiary/aromatic N) is 7. The molecule has 4 N–H and O–H groups in total. The molecule has 0 aliphatic carbocycles. The predicted molar refractivity (Wildman–Crippen MR) is 281 cm³/mol. The van der Waals surface area contributed by atoms with Crippen LogP contribution in [0.25, 0.3) is 65.8 Å². The van der Waals surface area contributed by atoms with E-state index in [9.17, 15) is 4.79 Å². The lowest BCUT2D eigenvalue weighted by Crippen LogP contribution is -2.25. The van der Waals surface area contributed by atoms with Gasteiger partial charge < -0.3 is 16.0 Å². The average molecular weight is 935 g/mol. The Kier molecular flexibility index (Phi) is 14.3. The minimum atomic E-state index is -0.429. The highest BCUT2D eigenvalue weighted by Crippen LogP contribution is 2.31. The van der Waals surface area contributed by atoms with Crippen molar-refractivity contribution >= 4 is 45.8 Å². The molecule has 3 heterocycles. The first kappa shape index (κ1) is 45.4. The lowest BCUT2D eigenvalue weighted by molar-refractivity contribution is 0.803. The predicted octanol–water partition coefficient (Wildman–Crippen LogP) is 12.6. The zero-order valence-corrected chi connectivity index (χ0v) is 38.7. The van der Waals surface area contributed by atoms with E-state index in [4.69, 9.17) is 18.9 Å². The summed E-state index contributed by atoms with van der Waals surface area (Å²) >= 11 is 3.04. The largest absolute Gasteiger partial charge is 0.399 e. The Labute approximate surface area is 408 Å². The van der Waals surface area contributed by atoms with Crippen LogP contribution in [0.4, 0.5) is 11.4 Å². The molecule has 13 heteroatoms. The highest BCUT2D eigenvalue weighted by atomic mass is 32.2. The Bertz CT molecular complexity index is 3400. The van der Waals surface area contributed by atoms with Crippen molar-refractivity contribution in [3.63, 3.8) is 0 Å². The lowest BCUT2D eigenvalue weighted by atomic mass is 10.0. The Morgan fingerprint density at radius 1 is 0.594 bits per heavy atom. The number of aliphatic imine (C=N–C) groups is 1. The molecule has 7 aromatic carbocycles. The van der Waals surface area contributed by atoms with Gasteiger partial charge in [0.15, 0.2) is 10.3 Å². The second kappa shape index (κ2) is 21.7. The highest BCUT2D eigenvalue weighted by molar-refractivity contribution is 8.13. The number of thioether (sulfide) groups is 2. The number of nitrogens with two attached hydrogens (primary N) is 1. The van der Waals surface area contributed by atoms with Gasteiger partial charge in [0.1, 0.15) is 5.69 Å². The van der Waals surface area contributed by atoms with Gasteiger partial charge in [-0.2, -0.15) is 0 Å². The molecule has 0 unspecified atom stereocenters. The molecule has 1 aliphatic rings. The zero-order valence-electron chi connectivity index (χ0n) is 37.0. The molecule has 9 aromatic rings. The highest BCUT2D eigenvalue weighted by Gasteiger charge is 2.18. The van der Waals surface area contributed by atoms with E-state index in [-0.39, 0.29) is 5.69 Å². The van der Waals surface area contributed by atoms with Gasteiger partial charge in [0.05, 0.1) is 43.0 Å². The van der Waals surface area contributed by atoms with Gasteiger partial charge in [-0.1, -0.05) is 193 Å². The molecule has 11 nitrogen and oxygen atoms in total. The summed E-state index contributed by atoms with van der Waals surface area (Å²) in [7, 11) is 0. The van der Waals surface area contributed by atoms with E-state index < -0.39 is 5.56 Å². The van der Waals surface area contributed by atoms with Crippen LogP contribution in [0.3, 0.4) is 0 Å². The van der Waals surface area contributed by atoms with Gasteiger partial charge in [0.25, 0.3) is 11.2 Å². The maximum absolute atomic E-state index is 12.5. The van der Waals surface area contributed by atoms with Crippen LogP contribution in [0.2, 0.25) is 0 Å². The fourth-order valence-corrected chi connectivity index (χ4v) is 9.02. The number of amidine groups is 1. The van der Waals surface area contributed by atoms with Crippen molar-refractivity contribution in [2.45, 2.75) is 16.7 Å². The summed E-state index contributed by atoms with van der Waals surface area (Å²) in [5.74, 6) is 1.39. The van der Waals surface area contributed by atoms with Crippen LogP contribution in [0.1, 0.15) is 16.7 Å². The van der Waals surface area contributed by atoms with E-state index in [1.165, 1.54) is 22.9 Å². The maximum Gasteiger partial charge on any atom is 0.276 e. The molecule has 10 rings (SSSR count). The van der Waals surface area contributed by atoms with Gasteiger partial charge in [-0.3, -0.25) is 9.79 Å². The van der Waals surface area contributed by atoms with Crippen molar-refractivity contribution < 1.29 is 0 Å². The number of aromatic nitrogens is 5. The summed E-state index contributed by atoms with van der Waals surface area (Å²) in [5, 5.41) is 13.3. The Balaban J connectivity index is 0.000000178. The molecule has 0 amide bonds. The molecule has 0 saturated heterocycles. The molecule has 0 atom stereocenters. The topological polar surface area (TPSA) is 136 Å². The molecule has 69 heavy (non-hydrogen) atoms. The average Bonchev–Trinajstić information content (AvgIpc) is 3.92. The zero-order chi connectivity index (χ0) is 47.4. The third kappa shape index (κ3) is 11.3. The van der Waals surface area contributed by atoms with E-state index in [0.29, 0.717) is 34.5 Å². The molecular weight excluding hydrogens is 893 g/mol. The lowest BCUT2D eigenvalue weighted by Gasteiger charge is -2.19. The van der Waals surface area contributed by atoms with E-state index >= 15 is 0 Å². The summed E-state index contributed by atoms with van der Waals surface area (Å²) in [6.45, 7) is 15.4. The minimum Gasteiger partial charge on any atom is -0.399 e. The maximum atomic E-state index is 12.5. The van der Waals surface area contributed by atoms with E-state index in [1.807, 2.05) is 146 Å². The van der Waals surface area contributed by atoms with Crippen molar-refractivity contribution in [1.29, 1.82) is 0 Å². The summed E-state index contributed by atoms with van der Waals surface area (Å²) in [4.78, 5) is 31.5. The fraction of sp³-hybridized carbons (Fsp3) is 0.0536. The smallest absolute Gasteiger partial charge is 0.276 e. The van der Waals surface area contributed by atoms with Crippen molar-refractivity contribution in [3.8, 4) is 50.5 Å². The second-order valence-electron chi connectivity index (χ2n) is 15.6. The monoisotopic (exact) mass is 934 g/mol. The molecule has 0 fully saturated rings. The van der Waals surface area contributed by atoms with Crippen LogP contribution < -0.4 is 16.6 Å². The van der Waals surface area contributed by atoms with Crippen molar-refractivity contribution in [3.05, 3.63) is 250 Å². The molecule has 0 bridgehead atoms. The molecule has 0 saturated carbocycles. The first-order chi connectivity index (χ1) is 33.9. The molecule has 0 spiro atoms. The fourth-order valence-electron chi connectivity index (χ4n) is 7.38. The molecular formula is C56H42N10OS2. The third-order valence-corrected chi connectivity index (χ3v) is 13.0. The van der Waals surface area contributed by atoms with Crippen molar-refractivity contribution in [1.82, 2.24) is 30.3 Å². The summed E-state index contributed by atoms with van der Waals surface area (Å²) < 4.78 is 1.79. The van der Waals surface area contributed by atoms with Crippen LogP contribution in [0.15, 0.2) is 215 Å². The Hall–Kier alpha value is -8.75. The summed E-state index contributed by atoms with van der Waals surface area (Å²) in [6, 6.07) is 62.3. The number of nitrogens with one attached hydrogen (secondary N) is 2. The first-order valence-corrected chi connectivity index (χ1v) is 23.8. The molecule has 1 aliphatic heterocycles. The van der Waals surface area contributed by atoms with E-state index in [0.717, 1.165) is 66.9 Å². The normalized spacial score (nSPS) is 11.9. The van der Waals surface area contributed by atoms with Gasteiger partial charge in [-0.15, -0.1) is 5.10 Å². The number of H-pyrrole nitrogens is 1. The molecule has 0 radical (unpaired) electrons. The van der Waals surface area contributed by atoms with Gasteiger partial charge in [0, 0.05) is 22.8 Å². The van der Waals surface area contributed by atoms with Crippen molar-refractivity contribution in [2.75, 3.05) is 12.3 Å². The number of aromatic amines is 1. The Morgan fingerprint density at radius 3 is 1.70 bits per heavy atom. The van der Waals surface area contributed by atoms with Crippen LogP contribution >= 0.6 is 23.5 Å². The number of benzene rings is 7. The quantitative estimate of drug-likeness (QED) is 0.0505. The van der Waals surface area contributed by atoms with E-state index in [2.05, 4.69) is 88.8 Å². The third-order valence-electron chi connectivity index (χ3n) is 11.1. The van der Waals surface area contributed by atoms with Crippen molar-refractivity contribution in [2.24, 2.45) is 4.99 Å². The molecule has 2 aromatic heterocycles.